The van der Waals surface area contributed by atoms with Crippen molar-refractivity contribution < 1.29 is 4.42 Å². The highest BCUT2D eigenvalue weighted by molar-refractivity contribution is 6.33. The van der Waals surface area contributed by atoms with Crippen molar-refractivity contribution in [3.63, 3.8) is 0 Å². The average molecular weight is 579 g/mol. The minimum atomic E-state index is 0.888. The van der Waals surface area contributed by atoms with E-state index in [9.17, 15) is 0 Å². The smallest absolute Gasteiger partial charge is 0.137 e. The van der Waals surface area contributed by atoms with Crippen molar-refractivity contribution in [2.75, 3.05) is 0 Å². The highest BCUT2D eigenvalue weighted by Gasteiger charge is 2.25. The maximum absolute atomic E-state index is 6.37. The Hall–Kier alpha value is -5.80. The minimum Gasteiger partial charge on any atom is -0.456 e. The summed E-state index contributed by atoms with van der Waals surface area (Å²) in [4.78, 5) is 0. The van der Waals surface area contributed by atoms with Crippen molar-refractivity contribution >= 4 is 71.5 Å². The molecule has 45 heavy (non-hydrogen) atoms. The number of aromatic nitrogens is 2. The van der Waals surface area contributed by atoms with Crippen LogP contribution in [0, 0.1) is 13.8 Å². The number of allylic oxidation sites excluding steroid dienone is 2. The molecule has 0 bridgehead atoms. The molecule has 0 amide bonds. The van der Waals surface area contributed by atoms with Crippen LogP contribution >= 0.6 is 0 Å². The van der Waals surface area contributed by atoms with Crippen molar-refractivity contribution in [3.8, 4) is 11.4 Å². The van der Waals surface area contributed by atoms with E-state index in [0.29, 0.717) is 0 Å². The molecular weight excluding hydrogens is 548 g/mol. The molecule has 0 aliphatic carbocycles. The SMILES string of the molecule is C=C/C=C\c1c(C)n(-c2ccc3c(c2)oc2ccccc23)c2c3ccccc3c3c(c4ccccc4n3-c3ccc(C)cc3)c12. The molecule has 0 atom stereocenters. The Labute approximate surface area is 260 Å². The average Bonchev–Trinajstić information content (AvgIpc) is 3.71. The van der Waals surface area contributed by atoms with E-state index in [1.807, 2.05) is 18.2 Å². The zero-order chi connectivity index (χ0) is 30.2. The molecule has 3 nitrogen and oxygen atoms in total. The van der Waals surface area contributed by atoms with Gasteiger partial charge in [0.05, 0.1) is 16.6 Å². The van der Waals surface area contributed by atoms with Gasteiger partial charge in [0.1, 0.15) is 11.2 Å². The third kappa shape index (κ3) is 3.58. The van der Waals surface area contributed by atoms with Crippen LogP contribution in [0.15, 0.2) is 138 Å². The van der Waals surface area contributed by atoms with E-state index in [2.05, 4.69) is 145 Å². The molecule has 0 spiro atoms. The fraction of sp³-hybridized carbons (Fsp3) is 0.0476. The van der Waals surface area contributed by atoms with E-state index in [1.54, 1.807) is 0 Å². The van der Waals surface area contributed by atoms with Gasteiger partial charge in [-0.15, -0.1) is 0 Å². The van der Waals surface area contributed by atoms with Crippen LogP contribution in [-0.2, 0) is 0 Å². The molecule has 0 aliphatic rings. The minimum absolute atomic E-state index is 0.888. The Balaban J connectivity index is 1.50. The third-order valence-electron chi connectivity index (χ3n) is 9.33. The van der Waals surface area contributed by atoms with Gasteiger partial charge in [-0.2, -0.15) is 0 Å². The van der Waals surface area contributed by atoms with Gasteiger partial charge in [0.15, 0.2) is 0 Å². The molecule has 6 aromatic carbocycles. The van der Waals surface area contributed by atoms with Gasteiger partial charge in [0, 0.05) is 66.4 Å². The maximum Gasteiger partial charge on any atom is 0.137 e. The lowest BCUT2D eigenvalue weighted by Crippen LogP contribution is -1.98. The van der Waals surface area contributed by atoms with Gasteiger partial charge in [-0.25, -0.2) is 0 Å². The Kier molecular flexibility index (Phi) is 5.48. The second-order valence-electron chi connectivity index (χ2n) is 11.9. The Morgan fingerprint density at radius 2 is 1.20 bits per heavy atom. The van der Waals surface area contributed by atoms with E-state index < -0.39 is 0 Å². The van der Waals surface area contributed by atoms with Gasteiger partial charge in [0.2, 0.25) is 0 Å². The number of aryl methyl sites for hydroxylation is 1. The van der Waals surface area contributed by atoms with E-state index in [4.69, 9.17) is 4.42 Å². The lowest BCUT2D eigenvalue weighted by atomic mass is 9.98. The predicted molar refractivity (Wildman–Crippen MR) is 191 cm³/mol. The lowest BCUT2D eigenvalue weighted by molar-refractivity contribution is 0.668. The number of nitrogens with zero attached hydrogens (tertiary/aromatic N) is 2. The summed E-state index contributed by atoms with van der Waals surface area (Å²) >= 11 is 0. The van der Waals surface area contributed by atoms with Crippen LogP contribution in [-0.4, -0.2) is 9.13 Å². The van der Waals surface area contributed by atoms with Crippen LogP contribution in [0.25, 0.3) is 82.9 Å². The van der Waals surface area contributed by atoms with Gasteiger partial charge in [-0.3, -0.25) is 0 Å². The summed E-state index contributed by atoms with van der Waals surface area (Å²) in [7, 11) is 0. The summed E-state index contributed by atoms with van der Waals surface area (Å²) in [5, 5.41) is 8.44. The number of rotatable bonds is 4. The van der Waals surface area contributed by atoms with E-state index in [0.717, 1.165) is 33.3 Å². The summed E-state index contributed by atoms with van der Waals surface area (Å²) in [6.45, 7) is 8.38. The highest BCUT2D eigenvalue weighted by Crippen LogP contribution is 2.46. The zero-order valence-corrected chi connectivity index (χ0v) is 25.2. The largest absolute Gasteiger partial charge is 0.456 e. The summed E-state index contributed by atoms with van der Waals surface area (Å²) < 4.78 is 11.2. The third-order valence-corrected chi connectivity index (χ3v) is 9.33. The lowest BCUT2D eigenvalue weighted by Gasteiger charge is -2.14. The summed E-state index contributed by atoms with van der Waals surface area (Å²) in [6.07, 6.45) is 6.12. The van der Waals surface area contributed by atoms with Gasteiger partial charge in [-0.1, -0.05) is 103 Å². The molecule has 3 aromatic heterocycles. The van der Waals surface area contributed by atoms with Crippen molar-refractivity contribution in [2.45, 2.75) is 13.8 Å². The Morgan fingerprint density at radius 3 is 1.96 bits per heavy atom. The van der Waals surface area contributed by atoms with Gasteiger partial charge < -0.3 is 13.6 Å². The molecule has 0 fully saturated rings. The highest BCUT2D eigenvalue weighted by atomic mass is 16.3. The number of para-hydroxylation sites is 2. The molecular formula is C42H30N2O. The normalized spacial score (nSPS) is 12.2. The van der Waals surface area contributed by atoms with Crippen molar-refractivity contribution in [3.05, 3.63) is 151 Å². The fourth-order valence-electron chi connectivity index (χ4n) is 7.37. The van der Waals surface area contributed by atoms with Crippen LogP contribution in [0.4, 0.5) is 0 Å². The zero-order valence-electron chi connectivity index (χ0n) is 25.2. The molecule has 0 radical (unpaired) electrons. The monoisotopic (exact) mass is 578 g/mol. The van der Waals surface area contributed by atoms with Crippen molar-refractivity contribution in [1.29, 1.82) is 0 Å². The first-order valence-corrected chi connectivity index (χ1v) is 15.4. The number of hydrogen-bond acceptors (Lipinski definition) is 1. The van der Waals surface area contributed by atoms with Crippen LogP contribution < -0.4 is 0 Å². The molecule has 214 valence electrons. The molecule has 0 aliphatic heterocycles. The molecule has 3 heterocycles. The Morgan fingerprint density at radius 1 is 0.578 bits per heavy atom. The first-order valence-electron chi connectivity index (χ1n) is 15.4. The second-order valence-corrected chi connectivity index (χ2v) is 11.9. The second kappa shape index (κ2) is 9.60. The number of benzene rings is 6. The van der Waals surface area contributed by atoms with E-state index in [-0.39, 0.29) is 0 Å². The molecule has 9 rings (SSSR count). The quantitative estimate of drug-likeness (QED) is 0.191. The predicted octanol–water partition coefficient (Wildman–Crippen LogP) is 11.6. The van der Waals surface area contributed by atoms with Gasteiger partial charge in [-0.05, 0) is 50.2 Å². The number of fused-ring (bicyclic) bond motifs is 11. The van der Waals surface area contributed by atoms with Gasteiger partial charge in [0.25, 0.3) is 0 Å². The van der Waals surface area contributed by atoms with Crippen LogP contribution in [0.2, 0.25) is 0 Å². The van der Waals surface area contributed by atoms with E-state index >= 15 is 0 Å². The van der Waals surface area contributed by atoms with Crippen molar-refractivity contribution in [2.24, 2.45) is 0 Å². The van der Waals surface area contributed by atoms with Crippen LogP contribution in [0.1, 0.15) is 16.8 Å². The number of hydrogen-bond donors (Lipinski definition) is 0. The topological polar surface area (TPSA) is 23.0 Å². The van der Waals surface area contributed by atoms with Gasteiger partial charge >= 0.3 is 0 Å². The first kappa shape index (κ1) is 25.7. The maximum atomic E-state index is 6.37. The molecule has 9 aromatic rings. The molecule has 0 N–H and O–H groups in total. The van der Waals surface area contributed by atoms with Crippen molar-refractivity contribution in [1.82, 2.24) is 9.13 Å². The summed E-state index contributed by atoms with van der Waals surface area (Å²) in [6, 6.07) is 41.4. The van der Waals surface area contributed by atoms with E-state index in [1.165, 1.54) is 60.3 Å². The Bertz CT molecular complexity index is 2670. The fourth-order valence-corrected chi connectivity index (χ4v) is 7.37. The molecule has 0 unspecified atom stereocenters. The van der Waals surface area contributed by atoms with Crippen LogP contribution in [0.5, 0.6) is 0 Å². The standard InChI is InChI=1S/C42H30N2O/c1-4-5-12-30-27(3)43(29-23-24-32-31-13-9-11-18-37(31)45-38(32)25-29)41-33-14-6-7-15-34(33)42-40(39(30)41)35-16-8-10-17-36(35)44(42)28-21-19-26(2)20-22-28/h4-25H,1H2,2-3H3/b12-5-. The summed E-state index contributed by atoms with van der Waals surface area (Å²) in [5.41, 5.74) is 11.3. The first-order chi connectivity index (χ1) is 22.1. The summed E-state index contributed by atoms with van der Waals surface area (Å²) in [5.74, 6) is 0. The van der Waals surface area contributed by atoms with Crippen LogP contribution in [0.3, 0.4) is 0 Å². The molecule has 0 saturated heterocycles. The molecule has 3 heteroatoms. The number of furan rings is 1. The molecule has 0 saturated carbocycles.